The third-order valence-electron chi connectivity index (χ3n) is 4.85. The van der Waals surface area contributed by atoms with E-state index in [1.54, 1.807) is 31.3 Å². The number of rotatable bonds is 6. The molecule has 0 saturated heterocycles. The number of aromatic amines is 1. The minimum absolute atomic E-state index is 0.213. The van der Waals surface area contributed by atoms with Crippen LogP contribution in [0.2, 0.25) is 0 Å². The molecule has 2 N–H and O–H groups in total. The summed E-state index contributed by atoms with van der Waals surface area (Å²) in [5.74, 6) is -0.709. The fourth-order valence-corrected chi connectivity index (χ4v) is 3.42. The van der Waals surface area contributed by atoms with E-state index in [2.05, 4.69) is 4.98 Å². The molecule has 1 heterocycles. The zero-order valence-electron chi connectivity index (χ0n) is 15.4. The number of aliphatic hydroxyl groups is 1. The van der Waals surface area contributed by atoms with Crippen LogP contribution in [0.3, 0.4) is 0 Å². The number of aliphatic hydroxyl groups excluding tert-OH is 1. The van der Waals surface area contributed by atoms with Gasteiger partial charge in [-0.3, -0.25) is 14.4 Å². The summed E-state index contributed by atoms with van der Waals surface area (Å²) < 4.78 is 0. The Labute approximate surface area is 156 Å². The van der Waals surface area contributed by atoms with Crippen molar-refractivity contribution < 1.29 is 14.7 Å². The predicted molar refractivity (Wildman–Crippen MR) is 105 cm³/mol. The van der Waals surface area contributed by atoms with Crippen molar-refractivity contribution >= 4 is 33.4 Å². The van der Waals surface area contributed by atoms with Gasteiger partial charge in [0.25, 0.3) is 11.5 Å². The number of aromatic nitrogens is 1. The normalized spacial score (nSPS) is 12.3. The SMILES string of the molecule is CCC[C@H](C(=O)CO)N(C)C(=O)c1ccc2c(c1)[nH]c(=O)c1ccccc12. The maximum Gasteiger partial charge on any atom is 0.256 e. The fourth-order valence-electron chi connectivity index (χ4n) is 3.42. The van der Waals surface area contributed by atoms with Crippen LogP contribution in [0.15, 0.2) is 47.3 Å². The van der Waals surface area contributed by atoms with E-state index in [0.29, 0.717) is 29.3 Å². The molecule has 0 saturated carbocycles. The number of carbonyl (C=O) groups is 2. The first-order valence-electron chi connectivity index (χ1n) is 8.93. The van der Waals surface area contributed by atoms with Crippen molar-refractivity contribution in [1.82, 2.24) is 9.88 Å². The van der Waals surface area contributed by atoms with Gasteiger partial charge in [0.05, 0.1) is 6.04 Å². The first-order valence-corrected chi connectivity index (χ1v) is 8.93. The highest BCUT2D eigenvalue weighted by Crippen LogP contribution is 2.23. The maximum absolute atomic E-state index is 12.9. The van der Waals surface area contributed by atoms with E-state index in [1.165, 1.54) is 4.90 Å². The molecule has 0 aliphatic heterocycles. The van der Waals surface area contributed by atoms with Crippen molar-refractivity contribution in [3.63, 3.8) is 0 Å². The number of hydrogen-bond donors (Lipinski definition) is 2. The number of pyridine rings is 1. The predicted octanol–water partition coefficient (Wildman–Crippen LogP) is 2.48. The van der Waals surface area contributed by atoms with Gasteiger partial charge in [0.2, 0.25) is 0 Å². The molecule has 2 aromatic carbocycles. The van der Waals surface area contributed by atoms with Crippen molar-refractivity contribution in [2.45, 2.75) is 25.8 Å². The van der Waals surface area contributed by atoms with E-state index in [4.69, 9.17) is 0 Å². The van der Waals surface area contributed by atoms with Crippen LogP contribution in [0.1, 0.15) is 30.1 Å². The Bertz CT molecular complexity index is 1070. The van der Waals surface area contributed by atoms with E-state index < -0.39 is 12.6 Å². The van der Waals surface area contributed by atoms with E-state index in [-0.39, 0.29) is 17.2 Å². The smallest absolute Gasteiger partial charge is 0.256 e. The molecule has 0 aliphatic rings. The summed E-state index contributed by atoms with van der Waals surface area (Å²) in [6.45, 7) is 1.32. The van der Waals surface area contributed by atoms with Crippen LogP contribution in [0.25, 0.3) is 21.7 Å². The van der Waals surface area contributed by atoms with Crippen molar-refractivity contribution in [1.29, 1.82) is 0 Å². The standard InChI is InChI=1S/C21H22N2O4/c1-3-6-18(19(25)12-24)23(2)21(27)13-9-10-15-14-7-4-5-8-16(14)20(26)22-17(15)11-13/h4-5,7-11,18,24H,3,6,12H2,1-2H3,(H,22,26)/t18-/m1/s1. The van der Waals surface area contributed by atoms with Gasteiger partial charge in [-0.15, -0.1) is 0 Å². The lowest BCUT2D eigenvalue weighted by Gasteiger charge is -2.26. The number of fused-ring (bicyclic) bond motifs is 3. The maximum atomic E-state index is 12.9. The number of Topliss-reactive ketones (excluding diaryl/α,β-unsaturated/α-hetero) is 1. The van der Waals surface area contributed by atoms with Gasteiger partial charge in [-0.25, -0.2) is 0 Å². The zero-order chi connectivity index (χ0) is 19.6. The zero-order valence-corrected chi connectivity index (χ0v) is 15.4. The molecular formula is C21H22N2O4. The van der Waals surface area contributed by atoms with Gasteiger partial charge in [-0.1, -0.05) is 37.6 Å². The Hall–Kier alpha value is -2.99. The first-order chi connectivity index (χ1) is 13.0. The summed E-state index contributed by atoms with van der Waals surface area (Å²) in [6.07, 6.45) is 1.20. The van der Waals surface area contributed by atoms with Crippen LogP contribution in [-0.2, 0) is 4.79 Å². The fraction of sp³-hybridized carbons (Fsp3) is 0.286. The summed E-state index contributed by atoms with van der Waals surface area (Å²) in [5.41, 5.74) is 0.733. The van der Waals surface area contributed by atoms with Crippen molar-refractivity contribution in [3.8, 4) is 0 Å². The average Bonchev–Trinajstić information content (AvgIpc) is 2.70. The van der Waals surface area contributed by atoms with Gasteiger partial charge in [-0.05, 0) is 30.0 Å². The van der Waals surface area contributed by atoms with E-state index in [1.807, 2.05) is 25.1 Å². The summed E-state index contributed by atoms with van der Waals surface area (Å²) >= 11 is 0. The number of amides is 1. The number of carbonyl (C=O) groups excluding carboxylic acids is 2. The molecule has 1 atom stereocenters. The monoisotopic (exact) mass is 366 g/mol. The van der Waals surface area contributed by atoms with Gasteiger partial charge >= 0.3 is 0 Å². The molecule has 0 fully saturated rings. The summed E-state index contributed by atoms with van der Waals surface area (Å²) in [5, 5.41) is 11.4. The minimum Gasteiger partial charge on any atom is -0.389 e. The second-order valence-electron chi connectivity index (χ2n) is 6.61. The number of nitrogens with zero attached hydrogens (tertiary/aromatic N) is 1. The van der Waals surface area contributed by atoms with Gasteiger partial charge in [0.15, 0.2) is 5.78 Å². The van der Waals surface area contributed by atoms with Crippen molar-refractivity contribution in [2.24, 2.45) is 0 Å². The van der Waals surface area contributed by atoms with Crippen LogP contribution in [0, 0.1) is 0 Å². The molecule has 0 aliphatic carbocycles. The Kier molecular flexibility index (Phi) is 5.37. The highest BCUT2D eigenvalue weighted by atomic mass is 16.3. The molecule has 3 rings (SSSR count). The van der Waals surface area contributed by atoms with Crippen LogP contribution < -0.4 is 5.56 Å². The molecule has 6 nitrogen and oxygen atoms in total. The van der Waals surface area contributed by atoms with Crippen LogP contribution >= 0.6 is 0 Å². The lowest BCUT2D eigenvalue weighted by molar-refractivity contribution is -0.126. The van der Waals surface area contributed by atoms with Crippen molar-refractivity contribution in [2.75, 3.05) is 13.7 Å². The van der Waals surface area contributed by atoms with Gasteiger partial charge in [-0.2, -0.15) is 0 Å². The quantitative estimate of drug-likeness (QED) is 0.656. The molecule has 140 valence electrons. The molecule has 1 amide bonds. The number of hydrogen-bond acceptors (Lipinski definition) is 4. The number of likely N-dealkylation sites (N-methyl/N-ethyl adjacent to an activating group) is 1. The molecule has 0 bridgehead atoms. The summed E-state index contributed by atoms with van der Waals surface area (Å²) in [6, 6.07) is 11.8. The Morgan fingerprint density at radius 1 is 1.11 bits per heavy atom. The summed E-state index contributed by atoms with van der Waals surface area (Å²) in [7, 11) is 1.56. The first kappa shape index (κ1) is 18.8. The van der Waals surface area contributed by atoms with Crippen molar-refractivity contribution in [3.05, 3.63) is 58.4 Å². The molecule has 0 radical (unpaired) electrons. The third kappa shape index (κ3) is 3.48. The third-order valence-corrected chi connectivity index (χ3v) is 4.85. The average molecular weight is 366 g/mol. The molecule has 3 aromatic rings. The number of benzene rings is 2. The minimum atomic E-state index is -0.668. The molecular weight excluding hydrogens is 344 g/mol. The highest BCUT2D eigenvalue weighted by molar-refractivity contribution is 6.08. The Morgan fingerprint density at radius 2 is 1.81 bits per heavy atom. The molecule has 6 heteroatoms. The molecule has 0 spiro atoms. The Morgan fingerprint density at radius 3 is 2.48 bits per heavy atom. The van der Waals surface area contributed by atoms with Gasteiger partial charge in [0.1, 0.15) is 6.61 Å². The van der Waals surface area contributed by atoms with Gasteiger partial charge < -0.3 is 15.0 Å². The summed E-state index contributed by atoms with van der Waals surface area (Å²) in [4.78, 5) is 41.4. The molecule has 1 aromatic heterocycles. The number of ketones is 1. The molecule has 27 heavy (non-hydrogen) atoms. The largest absolute Gasteiger partial charge is 0.389 e. The van der Waals surface area contributed by atoms with E-state index in [0.717, 1.165) is 10.8 Å². The number of nitrogens with one attached hydrogen (secondary N) is 1. The lowest BCUT2D eigenvalue weighted by Crippen LogP contribution is -2.43. The lowest BCUT2D eigenvalue weighted by atomic mass is 10.0. The van der Waals surface area contributed by atoms with E-state index in [9.17, 15) is 19.5 Å². The van der Waals surface area contributed by atoms with Crippen LogP contribution in [0.5, 0.6) is 0 Å². The van der Waals surface area contributed by atoms with E-state index >= 15 is 0 Å². The Balaban J connectivity index is 2.04. The second-order valence-corrected chi connectivity index (χ2v) is 6.61. The second kappa shape index (κ2) is 7.72. The molecule has 0 unspecified atom stereocenters. The van der Waals surface area contributed by atoms with Crippen LogP contribution in [0.4, 0.5) is 0 Å². The highest BCUT2D eigenvalue weighted by Gasteiger charge is 2.26. The number of H-pyrrole nitrogens is 1. The van der Waals surface area contributed by atoms with Gasteiger partial charge in [0, 0.05) is 28.9 Å². The topological polar surface area (TPSA) is 90.5 Å². The van der Waals surface area contributed by atoms with Crippen LogP contribution in [-0.4, -0.2) is 46.4 Å².